The van der Waals surface area contributed by atoms with Crippen LogP contribution in [0, 0.1) is 6.92 Å². The molecule has 0 radical (unpaired) electrons. The predicted molar refractivity (Wildman–Crippen MR) is 104 cm³/mol. The molecule has 6 nitrogen and oxygen atoms in total. The van der Waals surface area contributed by atoms with E-state index in [1.165, 1.54) is 28.6 Å². The van der Waals surface area contributed by atoms with Gasteiger partial charge in [0.1, 0.15) is 0 Å². The van der Waals surface area contributed by atoms with E-state index in [-0.39, 0.29) is 16.9 Å². The number of carbonyl (C=O) groups is 1. The molecule has 1 saturated heterocycles. The Bertz CT molecular complexity index is 904. The van der Waals surface area contributed by atoms with Gasteiger partial charge in [-0.3, -0.25) is 4.79 Å². The molecule has 1 amide bonds. The highest BCUT2D eigenvalue weighted by Gasteiger charge is 2.26. The van der Waals surface area contributed by atoms with Crippen LogP contribution in [0.2, 0.25) is 0 Å². The van der Waals surface area contributed by atoms with Crippen LogP contribution in [-0.2, 0) is 14.8 Å². The molecule has 7 heteroatoms. The van der Waals surface area contributed by atoms with E-state index < -0.39 is 10.0 Å². The molecule has 0 aromatic heterocycles. The zero-order valence-electron chi connectivity index (χ0n) is 15.5. The molecule has 1 N–H and O–H groups in total. The highest BCUT2D eigenvalue weighted by molar-refractivity contribution is 7.89. The number of nitrogens with one attached hydrogen (secondary N) is 1. The summed E-state index contributed by atoms with van der Waals surface area (Å²) >= 11 is 0. The average molecular weight is 388 g/mol. The fourth-order valence-corrected chi connectivity index (χ4v) is 4.26. The molecule has 1 heterocycles. The minimum absolute atomic E-state index is 0.0517. The van der Waals surface area contributed by atoms with E-state index in [2.05, 4.69) is 5.32 Å². The summed E-state index contributed by atoms with van der Waals surface area (Å²) in [6.07, 6.45) is 1.78. The normalized spacial score (nSPS) is 17.2. The van der Waals surface area contributed by atoms with Gasteiger partial charge >= 0.3 is 0 Å². The number of carbonyl (C=O) groups excluding carboxylic acids is 1. The molecule has 1 unspecified atom stereocenters. The smallest absolute Gasteiger partial charge is 0.255 e. The number of hydrogen-bond donors (Lipinski definition) is 1. The van der Waals surface area contributed by atoms with E-state index >= 15 is 0 Å². The maximum Gasteiger partial charge on any atom is 0.255 e. The second kappa shape index (κ2) is 8.21. The molecule has 27 heavy (non-hydrogen) atoms. The lowest BCUT2D eigenvalue weighted by atomic mass is 10.2. The van der Waals surface area contributed by atoms with Crippen molar-refractivity contribution in [3.63, 3.8) is 0 Å². The van der Waals surface area contributed by atoms with E-state index in [0.29, 0.717) is 24.4 Å². The Morgan fingerprint density at radius 2 is 1.96 bits per heavy atom. The van der Waals surface area contributed by atoms with Crippen LogP contribution in [0.3, 0.4) is 0 Å². The Morgan fingerprint density at radius 1 is 1.22 bits per heavy atom. The van der Waals surface area contributed by atoms with Gasteiger partial charge in [0.15, 0.2) is 0 Å². The molecule has 1 fully saturated rings. The first-order valence-corrected chi connectivity index (χ1v) is 10.4. The van der Waals surface area contributed by atoms with Crippen molar-refractivity contribution in [2.24, 2.45) is 0 Å². The maximum atomic E-state index is 12.7. The van der Waals surface area contributed by atoms with Crippen LogP contribution in [0.25, 0.3) is 0 Å². The topological polar surface area (TPSA) is 75.7 Å². The van der Waals surface area contributed by atoms with Crippen molar-refractivity contribution in [3.8, 4) is 0 Å². The van der Waals surface area contributed by atoms with Crippen molar-refractivity contribution >= 4 is 21.6 Å². The number of aryl methyl sites for hydroxylation is 1. The van der Waals surface area contributed by atoms with E-state index in [9.17, 15) is 13.2 Å². The van der Waals surface area contributed by atoms with Crippen LogP contribution in [0.4, 0.5) is 5.69 Å². The Kier molecular flexibility index (Phi) is 5.94. The molecule has 0 spiro atoms. The number of likely N-dealkylation sites (N-methyl/N-ethyl adjacent to an activating group) is 1. The summed E-state index contributed by atoms with van der Waals surface area (Å²) in [6.45, 7) is 2.96. The van der Waals surface area contributed by atoms with Crippen LogP contribution in [0.15, 0.2) is 53.4 Å². The number of anilines is 1. The molecule has 1 aliphatic rings. The SMILES string of the molecule is Cc1cccc(NC(=O)c2ccc(S(=O)(=O)N(C)CC3CCCO3)cc2)c1. The molecule has 1 aliphatic heterocycles. The summed E-state index contributed by atoms with van der Waals surface area (Å²) in [5.74, 6) is -0.280. The van der Waals surface area contributed by atoms with Gasteiger partial charge < -0.3 is 10.1 Å². The minimum Gasteiger partial charge on any atom is -0.377 e. The van der Waals surface area contributed by atoms with E-state index in [0.717, 1.165) is 18.4 Å². The van der Waals surface area contributed by atoms with E-state index in [1.807, 2.05) is 31.2 Å². The molecule has 2 aromatic rings. The molecule has 0 aliphatic carbocycles. The summed E-state index contributed by atoms with van der Waals surface area (Å²) in [5, 5.41) is 2.81. The number of ether oxygens (including phenoxy) is 1. The van der Waals surface area contributed by atoms with Crippen LogP contribution in [0.1, 0.15) is 28.8 Å². The molecule has 3 rings (SSSR count). The average Bonchev–Trinajstić information content (AvgIpc) is 3.15. The van der Waals surface area contributed by atoms with Crippen molar-refractivity contribution in [1.29, 1.82) is 0 Å². The Hall–Kier alpha value is -2.22. The lowest BCUT2D eigenvalue weighted by Gasteiger charge is -2.20. The molecule has 144 valence electrons. The largest absolute Gasteiger partial charge is 0.377 e. The first-order chi connectivity index (χ1) is 12.9. The molecule has 0 saturated carbocycles. The predicted octanol–water partition coefficient (Wildman–Crippen LogP) is 3.05. The van der Waals surface area contributed by atoms with Gasteiger partial charge in [-0.2, -0.15) is 4.31 Å². The minimum atomic E-state index is -3.61. The molecule has 1 atom stereocenters. The zero-order valence-corrected chi connectivity index (χ0v) is 16.3. The standard InChI is InChI=1S/C20H24N2O4S/c1-15-5-3-6-17(13-15)21-20(23)16-8-10-19(11-9-16)27(24,25)22(2)14-18-7-4-12-26-18/h3,5-6,8-11,13,18H,4,7,12,14H2,1-2H3,(H,21,23). The maximum absolute atomic E-state index is 12.7. The quantitative estimate of drug-likeness (QED) is 0.825. The third kappa shape index (κ3) is 4.74. The van der Waals surface area contributed by atoms with E-state index in [1.54, 1.807) is 7.05 Å². The second-order valence-electron chi connectivity index (χ2n) is 6.77. The number of nitrogens with zero attached hydrogens (tertiary/aromatic N) is 1. The Morgan fingerprint density at radius 3 is 2.59 bits per heavy atom. The van der Waals surface area contributed by atoms with Gasteiger partial charge in [-0.1, -0.05) is 12.1 Å². The second-order valence-corrected chi connectivity index (χ2v) is 8.81. The number of rotatable bonds is 6. The Labute approximate surface area is 160 Å². The van der Waals surface area contributed by atoms with E-state index in [4.69, 9.17) is 4.74 Å². The number of benzene rings is 2. The summed E-state index contributed by atoms with van der Waals surface area (Å²) in [5.41, 5.74) is 2.15. The summed E-state index contributed by atoms with van der Waals surface area (Å²) in [4.78, 5) is 12.5. The molecular weight excluding hydrogens is 364 g/mol. The first-order valence-electron chi connectivity index (χ1n) is 8.92. The van der Waals surface area contributed by atoms with Gasteiger partial charge in [0.05, 0.1) is 11.0 Å². The molecule has 2 aromatic carbocycles. The van der Waals surface area contributed by atoms with Crippen molar-refractivity contribution in [1.82, 2.24) is 4.31 Å². The van der Waals surface area contributed by atoms with Crippen LogP contribution >= 0.6 is 0 Å². The number of sulfonamides is 1. The Balaban J connectivity index is 1.69. The lowest BCUT2D eigenvalue weighted by molar-refractivity contribution is 0.0979. The third-order valence-corrected chi connectivity index (χ3v) is 6.42. The van der Waals surface area contributed by atoms with Crippen LogP contribution < -0.4 is 5.32 Å². The summed E-state index contributed by atoms with van der Waals surface area (Å²) < 4.78 is 32.2. The number of amides is 1. The zero-order chi connectivity index (χ0) is 19.4. The van der Waals surface area contributed by atoms with Crippen molar-refractivity contribution in [2.75, 3.05) is 25.5 Å². The third-order valence-electron chi connectivity index (χ3n) is 4.59. The van der Waals surface area contributed by atoms with Gasteiger partial charge in [-0.15, -0.1) is 0 Å². The fraction of sp³-hybridized carbons (Fsp3) is 0.350. The van der Waals surface area contributed by atoms with Gasteiger partial charge in [0, 0.05) is 31.5 Å². The van der Waals surface area contributed by atoms with Crippen molar-refractivity contribution in [3.05, 3.63) is 59.7 Å². The summed E-state index contributed by atoms with van der Waals surface area (Å²) in [7, 11) is -2.06. The van der Waals surface area contributed by atoms with Gasteiger partial charge in [-0.05, 0) is 61.7 Å². The van der Waals surface area contributed by atoms with Crippen molar-refractivity contribution < 1.29 is 17.9 Å². The van der Waals surface area contributed by atoms with Crippen molar-refractivity contribution in [2.45, 2.75) is 30.8 Å². The van der Waals surface area contributed by atoms with Gasteiger partial charge in [0.25, 0.3) is 5.91 Å². The van der Waals surface area contributed by atoms with Crippen LogP contribution in [-0.4, -0.2) is 44.9 Å². The number of hydrogen-bond acceptors (Lipinski definition) is 4. The van der Waals surface area contributed by atoms with Gasteiger partial charge in [-0.25, -0.2) is 8.42 Å². The monoisotopic (exact) mass is 388 g/mol. The first kappa shape index (κ1) is 19.5. The highest BCUT2D eigenvalue weighted by Crippen LogP contribution is 2.20. The molecular formula is C20H24N2O4S. The molecule has 0 bridgehead atoms. The van der Waals surface area contributed by atoms with Crippen LogP contribution in [0.5, 0.6) is 0 Å². The lowest BCUT2D eigenvalue weighted by Crippen LogP contribution is -2.34. The fourth-order valence-electron chi connectivity index (χ4n) is 3.06. The van der Waals surface area contributed by atoms with Gasteiger partial charge in [0.2, 0.25) is 10.0 Å². The highest BCUT2D eigenvalue weighted by atomic mass is 32.2. The summed E-state index contributed by atoms with van der Waals surface area (Å²) in [6, 6.07) is 13.5.